The molecule has 0 atom stereocenters. The van der Waals surface area contributed by atoms with Gasteiger partial charge in [0.05, 0.1) is 7.11 Å². The van der Waals surface area contributed by atoms with Gasteiger partial charge in [-0.2, -0.15) is 0 Å². The van der Waals surface area contributed by atoms with Gasteiger partial charge in [0.15, 0.2) is 0 Å². The summed E-state index contributed by atoms with van der Waals surface area (Å²) in [6, 6.07) is 0. The fourth-order valence-corrected chi connectivity index (χ4v) is 2.24. The highest BCUT2D eigenvalue weighted by molar-refractivity contribution is 5.93. The summed E-state index contributed by atoms with van der Waals surface area (Å²) in [7, 11) is 1.58. The number of hydrogen-bond acceptors (Lipinski definition) is 3. The summed E-state index contributed by atoms with van der Waals surface area (Å²) < 4.78 is 4.94. The van der Waals surface area contributed by atoms with Crippen LogP contribution in [0, 0.1) is 0 Å². The van der Waals surface area contributed by atoms with Gasteiger partial charge < -0.3 is 9.64 Å². The van der Waals surface area contributed by atoms with E-state index in [0.29, 0.717) is 5.76 Å². The average molecular weight is 292 g/mol. The first-order valence-corrected chi connectivity index (χ1v) is 7.68. The van der Waals surface area contributed by atoms with E-state index in [0.717, 1.165) is 38.3 Å². The van der Waals surface area contributed by atoms with Gasteiger partial charge in [0, 0.05) is 31.8 Å². The van der Waals surface area contributed by atoms with Gasteiger partial charge in [-0.25, -0.2) is 0 Å². The number of nitrogens with zero attached hydrogens (tertiary/aromatic N) is 2. The molecule has 0 aliphatic carbocycles. The van der Waals surface area contributed by atoms with Crippen LogP contribution in [0.5, 0.6) is 0 Å². The average Bonchev–Trinajstić information content (AvgIpc) is 2.52. The number of piperazine rings is 1. The van der Waals surface area contributed by atoms with Gasteiger partial charge in [-0.3, -0.25) is 9.69 Å². The summed E-state index contributed by atoms with van der Waals surface area (Å²) in [5, 5.41) is 0. The molecule has 4 heteroatoms. The molecule has 0 unspecified atom stereocenters. The zero-order valence-electron chi connectivity index (χ0n) is 13.6. The molecule has 21 heavy (non-hydrogen) atoms. The predicted molar refractivity (Wildman–Crippen MR) is 87.0 cm³/mol. The minimum Gasteiger partial charge on any atom is -0.497 e. The number of rotatable bonds is 7. The van der Waals surface area contributed by atoms with E-state index < -0.39 is 0 Å². The number of amides is 1. The van der Waals surface area contributed by atoms with Crippen LogP contribution in [0.25, 0.3) is 0 Å². The van der Waals surface area contributed by atoms with Crippen molar-refractivity contribution >= 4 is 5.91 Å². The molecule has 0 saturated carbocycles. The molecule has 1 aliphatic heterocycles. The molecule has 0 aromatic rings. The molecule has 1 amide bonds. The highest BCUT2D eigenvalue weighted by atomic mass is 16.5. The monoisotopic (exact) mass is 292 g/mol. The van der Waals surface area contributed by atoms with Gasteiger partial charge in [-0.15, -0.1) is 0 Å². The Hall–Kier alpha value is -1.55. The van der Waals surface area contributed by atoms with Crippen LogP contribution in [-0.2, 0) is 9.53 Å². The molecule has 0 aromatic heterocycles. The number of carbonyl (C=O) groups is 1. The Morgan fingerprint density at radius 3 is 2.52 bits per heavy atom. The normalized spacial score (nSPS) is 17.3. The predicted octanol–water partition coefficient (Wildman–Crippen LogP) is 2.59. The van der Waals surface area contributed by atoms with Crippen LogP contribution < -0.4 is 0 Å². The largest absolute Gasteiger partial charge is 0.497 e. The quantitative estimate of drug-likeness (QED) is 0.411. The van der Waals surface area contributed by atoms with Crippen molar-refractivity contribution in [2.75, 3.05) is 39.8 Å². The van der Waals surface area contributed by atoms with E-state index in [1.165, 1.54) is 12.8 Å². The molecule has 0 spiro atoms. The molecule has 0 bridgehead atoms. The van der Waals surface area contributed by atoms with Crippen LogP contribution >= 0.6 is 0 Å². The lowest BCUT2D eigenvalue weighted by Gasteiger charge is -2.34. The maximum atomic E-state index is 12.3. The topological polar surface area (TPSA) is 32.8 Å². The molecule has 1 aliphatic rings. The molecule has 1 rings (SSSR count). The lowest BCUT2D eigenvalue weighted by atomic mass is 10.2. The smallest absolute Gasteiger partial charge is 0.249 e. The standard InChI is InChI=1S/C17H28N2O2/c1-5-6-10-18-11-13-19(14-12-18)17(20)15(2)8-7-9-16(3)21-4/h7-9H,3,5-6,10-14H2,1-2,4H3/b9-7-,15-8+. The number of hydrogen-bond donors (Lipinski definition) is 0. The molecule has 1 heterocycles. The SMILES string of the molecule is C=C(/C=C\C=C(/C)C(=O)N1CCN(CCCC)CC1)OC. The molecule has 4 nitrogen and oxygen atoms in total. The molecule has 1 fully saturated rings. The Morgan fingerprint density at radius 2 is 1.95 bits per heavy atom. The third-order valence-corrected chi connectivity index (χ3v) is 3.72. The minimum absolute atomic E-state index is 0.123. The van der Waals surface area contributed by atoms with Gasteiger partial charge in [-0.05, 0) is 26.0 Å². The van der Waals surface area contributed by atoms with Gasteiger partial charge in [0.25, 0.3) is 0 Å². The Kier molecular flexibility index (Phi) is 7.83. The zero-order valence-corrected chi connectivity index (χ0v) is 13.6. The number of methoxy groups -OCH3 is 1. The third kappa shape index (κ3) is 6.17. The van der Waals surface area contributed by atoms with Crippen LogP contribution in [0.1, 0.15) is 26.7 Å². The first-order chi connectivity index (χ1) is 10.1. The maximum Gasteiger partial charge on any atom is 0.249 e. The Bertz CT molecular complexity index is 405. The van der Waals surface area contributed by atoms with Gasteiger partial charge in [0.2, 0.25) is 5.91 Å². The van der Waals surface area contributed by atoms with Gasteiger partial charge in [0.1, 0.15) is 5.76 Å². The summed E-state index contributed by atoms with van der Waals surface area (Å²) in [5.74, 6) is 0.703. The Labute approximate surface area is 128 Å². The lowest BCUT2D eigenvalue weighted by molar-refractivity contribution is -0.128. The number of ether oxygens (including phenoxy) is 1. The first kappa shape index (κ1) is 17.5. The van der Waals surface area contributed by atoms with Crippen molar-refractivity contribution in [1.82, 2.24) is 9.80 Å². The van der Waals surface area contributed by atoms with E-state index in [1.54, 1.807) is 19.3 Å². The van der Waals surface area contributed by atoms with E-state index in [2.05, 4.69) is 18.4 Å². The van der Waals surface area contributed by atoms with E-state index in [1.807, 2.05) is 17.9 Å². The second-order valence-corrected chi connectivity index (χ2v) is 5.37. The Balaban J connectivity index is 2.44. The van der Waals surface area contributed by atoms with Crippen molar-refractivity contribution in [3.05, 3.63) is 36.1 Å². The highest BCUT2D eigenvalue weighted by Crippen LogP contribution is 2.08. The van der Waals surface area contributed by atoms with Crippen LogP contribution in [0.4, 0.5) is 0 Å². The molecule has 0 N–H and O–H groups in total. The van der Waals surface area contributed by atoms with Crippen LogP contribution in [0.15, 0.2) is 36.1 Å². The van der Waals surface area contributed by atoms with Crippen LogP contribution in [-0.4, -0.2) is 55.5 Å². The zero-order chi connectivity index (χ0) is 15.7. The Morgan fingerprint density at radius 1 is 1.29 bits per heavy atom. The van der Waals surface area contributed by atoms with Crippen molar-refractivity contribution in [2.24, 2.45) is 0 Å². The second kappa shape index (κ2) is 9.40. The highest BCUT2D eigenvalue weighted by Gasteiger charge is 2.21. The third-order valence-electron chi connectivity index (χ3n) is 3.72. The number of allylic oxidation sites excluding steroid dienone is 3. The molecular weight excluding hydrogens is 264 g/mol. The molecule has 0 aromatic carbocycles. The van der Waals surface area contributed by atoms with E-state index in [-0.39, 0.29) is 5.91 Å². The van der Waals surface area contributed by atoms with Crippen molar-refractivity contribution in [2.45, 2.75) is 26.7 Å². The molecular formula is C17H28N2O2. The van der Waals surface area contributed by atoms with E-state index in [4.69, 9.17) is 4.74 Å². The van der Waals surface area contributed by atoms with Crippen LogP contribution in [0.2, 0.25) is 0 Å². The molecule has 0 radical (unpaired) electrons. The van der Waals surface area contributed by atoms with Crippen LogP contribution in [0.3, 0.4) is 0 Å². The number of carbonyl (C=O) groups excluding carboxylic acids is 1. The van der Waals surface area contributed by atoms with Gasteiger partial charge in [-0.1, -0.05) is 32.1 Å². The summed E-state index contributed by atoms with van der Waals surface area (Å²) in [5.41, 5.74) is 0.747. The molecule has 1 saturated heterocycles. The summed E-state index contributed by atoms with van der Waals surface area (Å²) in [6.45, 7) is 12.5. The molecule has 118 valence electrons. The number of unbranched alkanes of at least 4 members (excludes halogenated alkanes) is 1. The van der Waals surface area contributed by atoms with Crippen molar-refractivity contribution in [1.29, 1.82) is 0 Å². The van der Waals surface area contributed by atoms with Crippen molar-refractivity contribution in [3.8, 4) is 0 Å². The van der Waals surface area contributed by atoms with Gasteiger partial charge >= 0.3 is 0 Å². The maximum absolute atomic E-state index is 12.3. The van der Waals surface area contributed by atoms with Crippen molar-refractivity contribution in [3.63, 3.8) is 0 Å². The fraction of sp³-hybridized carbons (Fsp3) is 0.588. The first-order valence-electron chi connectivity index (χ1n) is 7.68. The second-order valence-electron chi connectivity index (χ2n) is 5.37. The van der Waals surface area contributed by atoms with E-state index in [9.17, 15) is 4.79 Å². The summed E-state index contributed by atoms with van der Waals surface area (Å²) >= 11 is 0. The summed E-state index contributed by atoms with van der Waals surface area (Å²) in [4.78, 5) is 16.7. The minimum atomic E-state index is 0.123. The van der Waals surface area contributed by atoms with Crippen molar-refractivity contribution < 1.29 is 9.53 Å². The summed E-state index contributed by atoms with van der Waals surface area (Å²) in [6.07, 6.45) is 7.83. The lowest BCUT2D eigenvalue weighted by Crippen LogP contribution is -2.49. The fourth-order valence-electron chi connectivity index (χ4n) is 2.24. The van der Waals surface area contributed by atoms with E-state index >= 15 is 0 Å².